The highest BCUT2D eigenvalue weighted by atomic mass is 16.6. The van der Waals surface area contributed by atoms with Gasteiger partial charge in [-0.25, -0.2) is 0 Å². The van der Waals surface area contributed by atoms with Gasteiger partial charge >= 0.3 is 17.9 Å². The summed E-state index contributed by atoms with van der Waals surface area (Å²) in [5.74, 6) is -0.880. The van der Waals surface area contributed by atoms with Crippen molar-refractivity contribution in [3.8, 4) is 0 Å². The van der Waals surface area contributed by atoms with Crippen LogP contribution in [-0.4, -0.2) is 37.2 Å². The van der Waals surface area contributed by atoms with Crippen LogP contribution in [0.15, 0.2) is 36.5 Å². The molecule has 0 saturated carbocycles. The average molecular weight is 899 g/mol. The van der Waals surface area contributed by atoms with Gasteiger partial charge in [0.1, 0.15) is 13.2 Å². The van der Waals surface area contributed by atoms with Gasteiger partial charge in [-0.15, -0.1) is 0 Å². The summed E-state index contributed by atoms with van der Waals surface area (Å²) in [6, 6.07) is 0. The maximum absolute atomic E-state index is 12.8. The Hall–Kier alpha value is -2.37. The molecular formula is C58H106O6. The average Bonchev–Trinajstić information content (AvgIpc) is 3.29. The Morgan fingerprint density at radius 3 is 0.906 bits per heavy atom. The van der Waals surface area contributed by atoms with E-state index in [9.17, 15) is 14.4 Å². The van der Waals surface area contributed by atoms with Crippen LogP contribution in [0.25, 0.3) is 0 Å². The fourth-order valence-corrected chi connectivity index (χ4v) is 8.12. The molecule has 374 valence electrons. The minimum absolute atomic E-state index is 0.0735. The van der Waals surface area contributed by atoms with Gasteiger partial charge in [0, 0.05) is 19.3 Å². The lowest BCUT2D eigenvalue weighted by Gasteiger charge is -2.18. The van der Waals surface area contributed by atoms with Crippen LogP contribution in [0.1, 0.15) is 297 Å². The summed E-state index contributed by atoms with van der Waals surface area (Å²) >= 11 is 0. The van der Waals surface area contributed by atoms with E-state index in [2.05, 4.69) is 57.2 Å². The van der Waals surface area contributed by atoms with E-state index in [1.165, 1.54) is 186 Å². The predicted molar refractivity (Wildman–Crippen MR) is 275 cm³/mol. The molecule has 1 unspecified atom stereocenters. The number of esters is 3. The summed E-state index contributed by atoms with van der Waals surface area (Å²) in [4.78, 5) is 37.8. The van der Waals surface area contributed by atoms with Crippen LogP contribution >= 0.6 is 0 Å². The summed E-state index contributed by atoms with van der Waals surface area (Å²) in [6.07, 6.45) is 63.1. The van der Waals surface area contributed by atoms with Crippen LogP contribution in [0.3, 0.4) is 0 Å². The van der Waals surface area contributed by atoms with E-state index in [0.717, 1.165) is 70.6 Å². The van der Waals surface area contributed by atoms with Crippen molar-refractivity contribution in [2.75, 3.05) is 13.2 Å². The van der Waals surface area contributed by atoms with E-state index < -0.39 is 6.10 Å². The fraction of sp³-hybridized carbons (Fsp3) is 0.845. The molecule has 0 fully saturated rings. The van der Waals surface area contributed by atoms with Crippen molar-refractivity contribution in [3.05, 3.63) is 36.5 Å². The summed E-state index contributed by atoms with van der Waals surface area (Å²) in [6.45, 7) is 6.58. The monoisotopic (exact) mass is 899 g/mol. The Morgan fingerprint density at radius 1 is 0.312 bits per heavy atom. The second kappa shape index (κ2) is 53.2. The highest BCUT2D eigenvalue weighted by Gasteiger charge is 2.19. The van der Waals surface area contributed by atoms with E-state index in [1.54, 1.807) is 0 Å². The lowest BCUT2D eigenvalue weighted by molar-refractivity contribution is -0.167. The van der Waals surface area contributed by atoms with E-state index >= 15 is 0 Å². The number of carbonyl (C=O) groups is 3. The number of rotatable bonds is 51. The van der Waals surface area contributed by atoms with Crippen molar-refractivity contribution in [1.82, 2.24) is 0 Å². The molecule has 6 heteroatoms. The molecule has 0 aliphatic rings. The summed E-state index contributed by atoms with van der Waals surface area (Å²) in [5.41, 5.74) is 0. The van der Waals surface area contributed by atoms with Crippen LogP contribution in [-0.2, 0) is 28.6 Å². The molecule has 0 spiro atoms. The van der Waals surface area contributed by atoms with Crippen molar-refractivity contribution in [2.45, 2.75) is 303 Å². The minimum atomic E-state index is -0.771. The molecule has 0 N–H and O–H groups in total. The first-order valence-electron chi connectivity index (χ1n) is 28.0. The maximum Gasteiger partial charge on any atom is 0.306 e. The molecule has 1 atom stereocenters. The van der Waals surface area contributed by atoms with Gasteiger partial charge in [0.25, 0.3) is 0 Å². The third kappa shape index (κ3) is 50.6. The molecule has 0 saturated heterocycles. The van der Waals surface area contributed by atoms with Gasteiger partial charge in [0.15, 0.2) is 6.10 Å². The first-order chi connectivity index (χ1) is 31.5. The molecule has 0 radical (unpaired) electrons. The van der Waals surface area contributed by atoms with Crippen molar-refractivity contribution in [3.63, 3.8) is 0 Å². The highest BCUT2D eigenvalue weighted by Crippen LogP contribution is 2.16. The second-order valence-electron chi connectivity index (χ2n) is 18.8. The van der Waals surface area contributed by atoms with E-state index in [0.29, 0.717) is 19.3 Å². The van der Waals surface area contributed by atoms with Crippen molar-refractivity contribution >= 4 is 17.9 Å². The molecule has 64 heavy (non-hydrogen) atoms. The largest absolute Gasteiger partial charge is 0.462 e. The Bertz CT molecular complexity index is 1080. The van der Waals surface area contributed by atoms with E-state index in [1.807, 2.05) is 0 Å². The Balaban J connectivity index is 4.12. The Kier molecular flexibility index (Phi) is 51.3. The zero-order valence-corrected chi connectivity index (χ0v) is 42.8. The first-order valence-corrected chi connectivity index (χ1v) is 28.0. The van der Waals surface area contributed by atoms with Crippen LogP contribution in [0.4, 0.5) is 0 Å². The molecule has 0 aliphatic heterocycles. The second-order valence-corrected chi connectivity index (χ2v) is 18.8. The molecule has 0 heterocycles. The minimum Gasteiger partial charge on any atom is -0.462 e. The Labute approximate surface area is 397 Å². The SMILES string of the molecule is CCCCC/C=C\C/C=C\CCCCCCCCCC(=O)OC(COC(=O)CCCCCCCC)COC(=O)CCCCCCCCCCCCC/C=C\CCCCCCCCCC. The molecule has 0 bridgehead atoms. The van der Waals surface area contributed by atoms with Gasteiger partial charge < -0.3 is 14.2 Å². The standard InChI is InChI=1S/C58H106O6/c1-4-7-10-13-16-18-20-22-24-26-27-28-29-30-31-33-34-36-38-40-42-45-48-51-57(60)63-54-55(53-62-56(59)50-47-44-15-12-9-6-3)64-58(61)52-49-46-43-41-39-37-35-32-25-23-21-19-17-14-11-8-5-2/h17,19,23,25-27,55H,4-16,18,20-22,24,28-54H2,1-3H3/b19-17-,25-23-,27-26-. The quantitative estimate of drug-likeness (QED) is 0.0262. The number of hydrogen-bond acceptors (Lipinski definition) is 6. The van der Waals surface area contributed by atoms with Crippen molar-refractivity contribution in [1.29, 1.82) is 0 Å². The topological polar surface area (TPSA) is 78.9 Å². The van der Waals surface area contributed by atoms with Gasteiger partial charge in [-0.2, -0.15) is 0 Å². The third-order valence-electron chi connectivity index (χ3n) is 12.4. The number of allylic oxidation sites excluding steroid dienone is 6. The molecular weight excluding hydrogens is 793 g/mol. The number of carbonyl (C=O) groups excluding carboxylic acids is 3. The van der Waals surface area contributed by atoms with Gasteiger partial charge in [0.2, 0.25) is 0 Å². The number of ether oxygens (including phenoxy) is 3. The van der Waals surface area contributed by atoms with Crippen LogP contribution in [0.5, 0.6) is 0 Å². The zero-order chi connectivity index (χ0) is 46.5. The smallest absolute Gasteiger partial charge is 0.306 e. The summed E-state index contributed by atoms with van der Waals surface area (Å²) < 4.78 is 16.7. The molecule has 0 rings (SSSR count). The zero-order valence-electron chi connectivity index (χ0n) is 42.8. The molecule has 0 aromatic rings. The van der Waals surface area contributed by atoms with E-state index in [-0.39, 0.29) is 31.1 Å². The molecule has 6 nitrogen and oxygen atoms in total. The van der Waals surface area contributed by atoms with Gasteiger partial charge in [-0.05, 0) is 77.0 Å². The predicted octanol–water partition coefficient (Wildman–Crippen LogP) is 18.5. The molecule has 0 aliphatic carbocycles. The summed E-state index contributed by atoms with van der Waals surface area (Å²) in [7, 11) is 0. The van der Waals surface area contributed by atoms with Gasteiger partial charge in [-0.3, -0.25) is 14.4 Å². The van der Waals surface area contributed by atoms with Crippen LogP contribution in [0, 0.1) is 0 Å². The summed E-state index contributed by atoms with van der Waals surface area (Å²) in [5, 5.41) is 0. The normalized spacial score (nSPS) is 12.2. The number of unbranched alkanes of at least 4 members (excludes halogenated alkanes) is 34. The van der Waals surface area contributed by atoms with Crippen LogP contribution < -0.4 is 0 Å². The third-order valence-corrected chi connectivity index (χ3v) is 12.4. The molecule has 0 amide bonds. The maximum atomic E-state index is 12.8. The van der Waals surface area contributed by atoms with Crippen molar-refractivity contribution in [2.24, 2.45) is 0 Å². The van der Waals surface area contributed by atoms with Crippen molar-refractivity contribution < 1.29 is 28.6 Å². The highest BCUT2D eigenvalue weighted by molar-refractivity contribution is 5.71. The van der Waals surface area contributed by atoms with Crippen LogP contribution in [0.2, 0.25) is 0 Å². The molecule has 0 aromatic carbocycles. The lowest BCUT2D eigenvalue weighted by atomic mass is 10.0. The fourth-order valence-electron chi connectivity index (χ4n) is 8.12. The Morgan fingerprint density at radius 2 is 0.562 bits per heavy atom. The van der Waals surface area contributed by atoms with E-state index in [4.69, 9.17) is 14.2 Å². The number of hydrogen-bond donors (Lipinski definition) is 0. The molecule has 0 aromatic heterocycles. The lowest BCUT2D eigenvalue weighted by Crippen LogP contribution is -2.30. The first kappa shape index (κ1) is 61.6. The van der Waals surface area contributed by atoms with Gasteiger partial charge in [0.05, 0.1) is 0 Å². The van der Waals surface area contributed by atoms with Gasteiger partial charge in [-0.1, -0.05) is 237 Å².